The summed E-state index contributed by atoms with van der Waals surface area (Å²) in [5, 5.41) is 12.1. The van der Waals surface area contributed by atoms with Gasteiger partial charge in [-0.15, -0.1) is 10.2 Å². The van der Waals surface area contributed by atoms with E-state index in [1.807, 2.05) is 70.5 Å². The van der Waals surface area contributed by atoms with Gasteiger partial charge in [0.2, 0.25) is 5.91 Å². The Kier molecular flexibility index (Phi) is 6.82. The zero-order chi connectivity index (χ0) is 21.8. The molecule has 0 fully saturated rings. The second-order valence-electron chi connectivity index (χ2n) is 7.70. The van der Waals surface area contributed by atoms with Crippen molar-refractivity contribution in [3.05, 3.63) is 64.5 Å². The lowest BCUT2D eigenvalue weighted by atomic mass is 10.1. The predicted octanol–water partition coefficient (Wildman–Crippen LogP) is 4.92. The van der Waals surface area contributed by atoms with E-state index >= 15 is 0 Å². The van der Waals surface area contributed by atoms with Gasteiger partial charge in [-0.3, -0.25) is 4.79 Å². The highest BCUT2D eigenvalue weighted by molar-refractivity contribution is 7.99. The van der Waals surface area contributed by atoms with Gasteiger partial charge in [0, 0.05) is 12.7 Å². The van der Waals surface area contributed by atoms with Crippen molar-refractivity contribution in [1.29, 1.82) is 0 Å². The van der Waals surface area contributed by atoms with Gasteiger partial charge >= 0.3 is 0 Å². The molecular weight excluding hydrogens is 396 g/mol. The van der Waals surface area contributed by atoms with E-state index in [4.69, 9.17) is 4.74 Å². The maximum Gasteiger partial charge on any atom is 0.234 e. The summed E-state index contributed by atoms with van der Waals surface area (Å²) in [6.07, 6.45) is -0.262. The highest BCUT2D eigenvalue weighted by Crippen LogP contribution is 2.25. The Morgan fingerprint density at radius 2 is 1.57 bits per heavy atom. The summed E-state index contributed by atoms with van der Waals surface area (Å²) < 4.78 is 7.95. The summed E-state index contributed by atoms with van der Waals surface area (Å²) >= 11 is 1.35. The number of hydrogen-bond acceptors (Lipinski definition) is 5. The molecule has 0 spiro atoms. The normalized spacial score (nSPS) is 11.9. The molecule has 1 atom stereocenters. The van der Waals surface area contributed by atoms with Gasteiger partial charge in [-0.05, 0) is 81.1 Å². The van der Waals surface area contributed by atoms with Crippen LogP contribution < -0.4 is 10.1 Å². The van der Waals surface area contributed by atoms with Crippen molar-refractivity contribution in [3.8, 4) is 5.75 Å². The number of amides is 1. The first kappa shape index (κ1) is 21.9. The van der Waals surface area contributed by atoms with E-state index in [-0.39, 0.29) is 17.8 Å². The first-order valence-corrected chi connectivity index (χ1v) is 10.8. The summed E-state index contributed by atoms with van der Waals surface area (Å²) in [4.78, 5) is 12.4. The molecule has 1 N–H and O–H groups in total. The van der Waals surface area contributed by atoms with Crippen molar-refractivity contribution in [2.75, 3.05) is 11.1 Å². The number of hydrogen-bond donors (Lipinski definition) is 1. The van der Waals surface area contributed by atoms with Crippen molar-refractivity contribution >= 4 is 23.4 Å². The van der Waals surface area contributed by atoms with E-state index in [9.17, 15) is 4.79 Å². The number of carbonyl (C=O) groups excluding carboxylic acids is 1. The predicted molar refractivity (Wildman–Crippen MR) is 121 cm³/mol. The molecule has 0 aliphatic carbocycles. The number of rotatable bonds is 7. The number of thioether (sulfide) groups is 1. The van der Waals surface area contributed by atoms with Crippen molar-refractivity contribution in [3.63, 3.8) is 0 Å². The van der Waals surface area contributed by atoms with Crippen molar-refractivity contribution < 1.29 is 9.53 Å². The minimum absolute atomic E-state index is 0.0749. The number of nitrogens with one attached hydrogen (secondary N) is 1. The van der Waals surface area contributed by atoms with Gasteiger partial charge in [0.15, 0.2) is 17.1 Å². The van der Waals surface area contributed by atoms with Gasteiger partial charge in [0.05, 0.1) is 5.75 Å². The zero-order valence-corrected chi connectivity index (χ0v) is 19.1. The van der Waals surface area contributed by atoms with Crippen LogP contribution in [-0.2, 0) is 11.8 Å². The van der Waals surface area contributed by atoms with E-state index in [1.54, 1.807) is 0 Å². The van der Waals surface area contributed by atoms with Crippen LogP contribution in [0.3, 0.4) is 0 Å². The Balaban J connectivity index is 1.61. The van der Waals surface area contributed by atoms with Gasteiger partial charge in [-0.1, -0.05) is 23.9 Å². The number of aromatic nitrogens is 3. The maximum atomic E-state index is 12.4. The molecule has 0 bridgehead atoms. The van der Waals surface area contributed by atoms with E-state index in [0.29, 0.717) is 11.0 Å². The fourth-order valence-electron chi connectivity index (χ4n) is 3.44. The average Bonchev–Trinajstić information content (AvgIpc) is 2.99. The molecule has 1 unspecified atom stereocenters. The van der Waals surface area contributed by atoms with Gasteiger partial charge in [0.1, 0.15) is 5.75 Å². The van der Waals surface area contributed by atoms with Crippen LogP contribution in [0.1, 0.15) is 41.1 Å². The van der Waals surface area contributed by atoms with Gasteiger partial charge in [-0.25, -0.2) is 0 Å². The summed E-state index contributed by atoms with van der Waals surface area (Å²) in [6.45, 7) is 10.1. The Labute approximate surface area is 182 Å². The second kappa shape index (κ2) is 9.34. The fourth-order valence-corrected chi connectivity index (χ4v) is 4.16. The Bertz CT molecular complexity index is 1020. The van der Waals surface area contributed by atoms with Crippen LogP contribution in [0.2, 0.25) is 0 Å². The molecule has 7 heteroatoms. The minimum atomic E-state index is -0.262. The highest BCUT2D eigenvalue weighted by Gasteiger charge is 2.18. The molecule has 3 rings (SSSR count). The summed E-state index contributed by atoms with van der Waals surface area (Å²) in [7, 11) is 1.89. The van der Waals surface area contributed by atoms with Gasteiger partial charge < -0.3 is 14.6 Å². The lowest BCUT2D eigenvalue weighted by Crippen LogP contribution is -2.15. The van der Waals surface area contributed by atoms with E-state index in [2.05, 4.69) is 27.6 Å². The third kappa shape index (κ3) is 5.63. The molecule has 1 aromatic heterocycles. The molecule has 2 aromatic carbocycles. The monoisotopic (exact) mass is 424 g/mol. The molecule has 0 saturated heterocycles. The zero-order valence-electron chi connectivity index (χ0n) is 18.3. The van der Waals surface area contributed by atoms with Crippen LogP contribution in [0.15, 0.2) is 41.6 Å². The summed E-state index contributed by atoms with van der Waals surface area (Å²) in [6, 6.07) is 12.1. The third-order valence-electron chi connectivity index (χ3n) is 4.58. The van der Waals surface area contributed by atoms with Crippen molar-refractivity contribution in [2.45, 2.75) is 45.9 Å². The maximum absolute atomic E-state index is 12.4. The Hall–Kier alpha value is -2.80. The number of carbonyl (C=O) groups is 1. The van der Waals surface area contributed by atoms with Crippen LogP contribution in [0, 0.1) is 27.7 Å². The quantitative estimate of drug-likeness (QED) is 0.545. The molecular formula is C23H28N4O2S. The van der Waals surface area contributed by atoms with Crippen LogP contribution in [0.4, 0.5) is 5.69 Å². The van der Waals surface area contributed by atoms with Crippen LogP contribution in [-0.4, -0.2) is 26.4 Å². The number of ether oxygens (including phenoxy) is 1. The highest BCUT2D eigenvalue weighted by atomic mass is 32.2. The molecule has 0 aliphatic heterocycles. The van der Waals surface area contributed by atoms with Crippen molar-refractivity contribution in [1.82, 2.24) is 14.8 Å². The summed E-state index contributed by atoms with van der Waals surface area (Å²) in [5.74, 6) is 1.70. The van der Waals surface area contributed by atoms with E-state index < -0.39 is 0 Å². The molecule has 158 valence electrons. The first-order valence-electron chi connectivity index (χ1n) is 9.86. The largest absolute Gasteiger partial charge is 0.483 e. The smallest absolute Gasteiger partial charge is 0.234 e. The fraction of sp³-hybridized carbons (Fsp3) is 0.348. The number of aryl methyl sites for hydroxylation is 4. The molecule has 3 aromatic rings. The molecule has 0 saturated carbocycles. The molecule has 0 aliphatic rings. The molecule has 0 radical (unpaired) electrons. The number of benzene rings is 2. The second-order valence-corrected chi connectivity index (χ2v) is 8.64. The number of anilines is 1. The Morgan fingerprint density at radius 1 is 1.00 bits per heavy atom. The molecule has 6 nitrogen and oxygen atoms in total. The van der Waals surface area contributed by atoms with Crippen LogP contribution in [0.5, 0.6) is 5.75 Å². The first-order chi connectivity index (χ1) is 14.2. The lowest BCUT2D eigenvalue weighted by Gasteiger charge is -2.15. The SMILES string of the molecule is Cc1cc(C)cc(NC(=O)CSc2nnc(C(C)Oc3cc(C)cc(C)c3)n2C)c1. The molecule has 30 heavy (non-hydrogen) atoms. The Morgan fingerprint density at radius 3 is 2.17 bits per heavy atom. The average molecular weight is 425 g/mol. The van der Waals surface area contributed by atoms with E-state index in [1.165, 1.54) is 11.8 Å². The van der Waals surface area contributed by atoms with Gasteiger partial charge in [-0.2, -0.15) is 0 Å². The number of nitrogens with zero attached hydrogens (tertiary/aromatic N) is 3. The van der Waals surface area contributed by atoms with Gasteiger partial charge in [0.25, 0.3) is 0 Å². The minimum Gasteiger partial charge on any atom is -0.483 e. The lowest BCUT2D eigenvalue weighted by molar-refractivity contribution is -0.113. The standard InChI is InChI=1S/C23H28N4O2S/c1-14-7-15(2)10-19(9-14)24-21(28)13-30-23-26-25-22(27(23)6)18(5)29-20-11-16(3)8-17(4)12-20/h7-12,18H,13H2,1-6H3,(H,24,28). The van der Waals surface area contributed by atoms with Crippen LogP contribution >= 0.6 is 11.8 Å². The summed E-state index contributed by atoms with van der Waals surface area (Å²) in [5.41, 5.74) is 5.36. The molecule has 1 heterocycles. The van der Waals surface area contributed by atoms with Crippen molar-refractivity contribution in [2.24, 2.45) is 7.05 Å². The third-order valence-corrected chi connectivity index (χ3v) is 5.60. The topological polar surface area (TPSA) is 69.0 Å². The van der Waals surface area contributed by atoms with E-state index in [0.717, 1.165) is 33.7 Å². The van der Waals surface area contributed by atoms with Crippen LogP contribution in [0.25, 0.3) is 0 Å². The molecule has 1 amide bonds.